The molecule has 4 nitrogen and oxygen atoms in total. The number of aromatic nitrogens is 1. The smallest absolute Gasteiger partial charge is 0.264 e. The van der Waals surface area contributed by atoms with Crippen molar-refractivity contribution in [1.82, 2.24) is 9.88 Å². The summed E-state index contributed by atoms with van der Waals surface area (Å²) in [6, 6.07) is 8.60. The minimum atomic E-state index is -0.276. The molecule has 118 valence electrons. The molecule has 1 saturated heterocycles. The molecule has 3 rings (SSSR count). The van der Waals surface area contributed by atoms with Gasteiger partial charge in [0, 0.05) is 18.4 Å². The van der Waals surface area contributed by atoms with E-state index in [4.69, 9.17) is 0 Å². The summed E-state index contributed by atoms with van der Waals surface area (Å²) in [6.45, 7) is 3.83. The molecule has 0 bridgehead atoms. The second-order valence-corrected chi connectivity index (χ2v) is 6.24. The Kier molecular flexibility index (Phi) is 4.09. The number of benzene rings is 1. The van der Waals surface area contributed by atoms with Gasteiger partial charge in [-0.05, 0) is 55.4 Å². The minimum absolute atomic E-state index is 0.161. The van der Waals surface area contributed by atoms with E-state index in [1.165, 1.54) is 17.8 Å². The molecule has 0 spiro atoms. The highest BCUT2D eigenvalue weighted by Crippen LogP contribution is 2.29. The van der Waals surface area contributed by atoms with Gasteiger partial charge in [-0.15, -0.1) is 0 Å². The van der Waals surface area contributed by atoms with Crippen LogP contribution >= 0.6 is 11.8 Å². The van der Waals surface area contributed by atoms with E-state index >= 15 is 0 Å². The summed E-state index contributed by atoms with van der Waals surface area (Å²) in [5.41, 5.74) is 3.19. The Labute approximate surface area is 138 Å². The number of carbonyl (C=O) groups excluding carboxylic acids is 1. The minimum Gasteiger partial charge on any atom is -0.315 e. The molecule has 6 heteroatoms. The first-order valence-electron chi connectivity index (χ1n) is 7.13. The van der Waals surface area contributed by atoms with E-state index in [1.807, 2.05) is 30.6 Å². The van der Waals surface area contributed by atoms with Crippen LogP contribution in [0.15, 0.2) is 40.2 Å². The zero-order chi connectivity index (χ0) is 16.6. The maximum atomic E-state index is 14.1. The lowest BCUT2D eigenvalue weighted by Gasteiger charge is -2.10. The summed E-state index contributed by atoms with van der Waals surface area (Å²) in [5.74, 6) is -0.437. The van der Waals surface area contributed by atoms with E-state index in [9.17, 15) is 9.18 Å². The maximum Gasteiger partial charge on any atom is 0.264 e. The van der Waals surface area contributed by atoms with E-state index in [0.29, 0.717) is 15.8 Å². The molecule has 1 aromatic heterocycles. The number of halogens is 1. The van der Waals surface area contributed by atoms with Crippen LogP contribution in [0.2, 0.25) is 0 Å². The first-order valence-corrected chi connectivity index (χ1v) is 7.94. The molecule has 0 aliphatic carbocycles. The molecule has 0 radical (unpaired) electrons. The van der Waals surface area contributed by atoms with Crippen molar-refractivity contribution in [3.05, 3.63) is 58.0 Å². The number of aliphatic imine (C=N–C) groups is 1. The fraction of sp³-hybridized carbons (Fsp3) is 0.176. The Hall–Kier alpha value is -2.34. The highest BCUT2D eigenvalue weighted by atomic mass is 32.2. The highest BCUT2D eigenvalue weighted by molar-refractivity contribution is 8.18. The monoisotopic (exact) mass is 329 g/mol. The van der Waals surface area contributed by atoms with Crippen molar-refractivity contribution in [3.8, 4) is 5.69 Å². The lowest BCUT2D eigenvalue weighted by atomic mass is 10.2. The van der Waals surface area contributed by atoms with Gasteiger partial charge in [0.15, 0.2) is 5.17 Å². The number of para-hydroxylation sites is 1. The predicted octanol–water partition coefficient (Wildman–Crippen LogP) is 3.42. The van der Waals surface area contributed by atoms with Gasteiger partial charge >= 0.3 is 0 Å². The van der Waals surface area contributed by atoms with Crippen LogP contribution in [0.4, 0.5) is 4.39 Å². The summed E-state index contributed by atoms with van der Waals surface area (Å²) in [6.07, 6.45) is 1.82. The largest absolute Gasteiger partial charge is 0.315 e. The van der Waals surface area contributed by atoms with Crippen molar-refractivity contribution in [2.45, 2.75) is 13.8 Å². The lowest BCUT2D eigenvalue weighted by molar-refractivity contribution is -0.115. The van der Waals surface area contributed by atoms with Crippen LogP contribution in [0, 0.1) is 19.7 Å². The van der Waals surface area contributed by atoms with Crippen LogP contribution < -0.4 is 5.32 Å². The van der Waals surface area contributed by atoms with Crippen LogP contribution in [-0.4, -0.2) is 22.7 Å². The molecule has 1 fully saturated rings. The Morgan fingerprint density at radius 1 is 1.30 bits per heavy atom. The molecular weight excluding hydrogens is 313 g/mol. The number of rotatable bonds is 2. The lowest BCUT2D eigenvalue weighted by Crippen LogP contribution is -2.19. The Balaban J connectivity index is 2.06. The molecular formula is C17H16FN3OS. The van der Waals surface area contributed by atoms with Crippen LogP contribution in [0.25, 0.3) is 11.8 Å². The maximum absolute atomic E-state index is 14.1. The molecule has 1 N–H and O–H groups in total. The first-order chi connectivity index (χ1) is 11.0. The molecule has 23 heavy (non-hydrogen) atoms. The number of thioether (sulfide) groups is 1. The number of hydrogen-bond donors (Lipinski definition) is 1. The fourth-order valence-electron chi connectivity index (χ4n) is 2.61. The molecule has 0 saturated carbocycles. The Morgan fingerprint density at radius 2 is 2.04 bits per heavy atom. The molecule has 2 aromatic rings. The zero-order valence-corrected chi connectivity index (χ0v) is 13.9. The summed E-state index contributed by atoms with van der Waals surface area (Å²) < 4.78 is 15.9. The van der Waals surface area contributed by atoms with E-state index in [0.717, 1.165) is 17.0 Å². The van der Waals surface area contributed by atoms with Gasteiger partial charge in [0.1, 0.15) is 5.82 Å². The molecule has 2 heterocycles. The third-order valence-corrected chi connectivity index (χ3v) is 4.71. The van der Waals surface area contributed by atoms with E-state index in [2.05, 4.69) is 10.3 Å². The first kappa shape index (κ1) is 15.6. The van der Waals surface area contributed by atoms with Crippen LogP contribution in [0.5, 0.6) is 0 Å². The van der Waals surface area contributed by atoms with Crippen LogP contribution in [0.1, 0.15) is 17.0 Å². The van der Waals surface area contributed by atoms with Gasteiger partial charge < -0.3 is 9.88 Å². The van der Waals surface area contributed by atoms with Crippen molar-refractivity contribution in [2.75, 3.05) is 7.05 Å². The SMILES string of the molecule is CN=C1NC(=O)/C(=C/c2cc(C)n(-c3ccccc3F)c2C)S1. The standard InChI is InChI=1S/C17H16FN3OS/c1-10-8-12(9-15-16(22)20-17(19-3)23-15)11(2)21(10)14-7-5-4-6-13(14)18/h4-9H,1-3H3,(H,19,20,22)/b15-9-. The molecule has 1 aromatic carbocycles. The third-order valence-electron chi connectivity index (χ3n) is 3.70. The van der Waals surface area contributed by atoms with E-state index in [-0.39, 0.29) is 11.7 Å². The Bertz CT molecular complexity index is 852. The number of hydrogen-bond acceptors (Lipinski definition) is 3. The molecule has 0 unspecified atom stereocenters. The van der Waals surface area contributed by atoms with Gasteiger partial charge in [-0.3, -0.25) is 9.79 Å². The summed E-state index contributed by atoms with van der Waals surface area (Å²) in [7, 11) is 1.63. The van der Waals surface area contributed by atoms with Gasteiger partial charge in [0.05, 0.1) is 10.6 Å². The van der Waals surface area contributed by atoms with Crippen LogP contribution in [-0.2, 0) is 4.79 Å². The van der Waals surface area contributed by atoms with Crippen molar-refractivity contribution in [3.63, 3.8) is 0 Å². The number of carbonyl (C=O) groups is 1. The number of aryl methyl sites for hydroxylation is 1. The van der Waals surface area contributed by atoms with Gasteiger partial charge in [0.2, 0.25) is 0 Å². The normalized spacial score (nSPS) is 18.0. The van der Waals surface area contributed by atoms with Gasteiger partial charge in [-0.2, -0.15) is 0 Å². The number of nitrogens with zero attached hydrogens (tertiary/aromatic N) is 2. The van der Waals surface area contributed by atoms with Crippen molar-refractivity contribution in [2.24, 2.45) is 4.99 Å². The average molecular weight is 329 g/mol. The summed E-state index contributed by atoms with van der Waals surface area (Å²) in [4.78, 5) is 16.5. The molecule has 1 amide bonds. The van der Waals surface area contributed by atoms with Gasteiger partial charge in [0.25, 0.3) is 5.91 Å². The molecule has 1 aliphatic heterocycles. The quantitative estimate of drug-likeness (QED) is 0.858. The van der Waals surface area contributed by atoms with Crippen molar-refractivity contribution in [1.29, 1.82) is 0 Å². The fourth-order valence-corrected chi connectivity index (χ4v) is 3.38. The highest BCUT2D eigenvalue weighted by Gasteiger charge is 2.24. The molecule has 1 aliphatic rings. The third kappa shape index (κ3) is 2.82. The zero-order valence-electron chi connectivity index (χ0n) is 13.1. The number of amides is 1. The second kappa shape index (κ2) is 6.04. The second-order valence-electron chi connectivity index (χ2n) is 5.21. The van der Waals surface area contributed by atoms with Gasteiger partial charge in [-0.1, -0.05) is 12.1 Å². The molecule has 0 atom stereocenters. The summed E-state index contributed by atoms with van der Waals surface area (Å²) >= 11 is 1.30. The number of nitrogens with one attached hydrogen (secondary N) is 1. The van der Waals surface area contributed by atoms with E-state index in [1.54, 1.807) is 25.2 Å². The topological polar surface area (TPSA) is 46.4 Å². The summed E-state index contributed by atoms with van der Waals surface area (Å²) in [5, 5.41) is 3.28. The van der Waals surface area contributed by atoms with Gasteiger partial charge in [-0.25, -0.2) is 4.39 Å². The number of amidine groups is 1. The van der Waals surface area contributed by atoms with Crippen molar-refractivity contribution < 1.29 is 9.18 Å². The average Bonchev–Trinajstić information content (AvgIpc) is 3.01. The predicted molar refractivity (Wildman–Crippen MR) is 92.3 cm³/mol. The Morgan fingerprint density at radius 3 is 2.70 bits per heavy atom. The van der Waals surface area contributed by atoms with Crippen molar-refractivity contribution >= 4 is 28.9 Å². The van der Waals surface area contributed by atoms with E-state index < -0.39 is 0 Å². The van der Waals surface area contributed by atoms with Crippen LogP contribution in [0.3, 0.4) is 0 Å².